The third-order valence-electron chi connectivity index (χ3n) is 4.30. The van der Waals surface area contributed by atoms with Crippen molar-refractivity contribution in [3.63, 3.8) is 0 Å². The van der Waals surface area contributed by atoms with Crippen molar-refractivity contribution in [3.05, 3.63) is 24.0 Å². The van der Waals surface area contributed by atoms with Gasteiger partial charge in [-0.3, -0.25) is 9.78 Å². The lowest BCUT2D eigenvalue weighted by atomic mass is 9.97. The van der Waals surface area contributed by atoms with Crippen LogP contribution in [0.1, 0.15) is 39.3 Å². The van der Waals surface area contributed by atoms with Gasteiger partial charge in [0, 0.05) is 30.5 Å². The Morgan fingerprint density at radius 2 is 2.00 bits per heavy atom. The van der Waals surface area contributed by atoms with E-state index in [1.54, 1.807) is 15.9 Å². The van der Waals surface area contributed by atoms with Crippen LogP contribution >= 0.6 is 0 Å². The molecule has 0 bridgehead atoms. The second-order valence-corrected chi connectivity index (χ2v) is 7.87. The Balaban J connectivity index is 0.000000941. The normalized spacial score (nSPS) is 14.7. The van der Waals surface area contributed by atoms with Gasteiger partial charge in [0.1, 0.15) is 5.60 Å². The number of nitrogens with zero attached hydrogens (tertiary/aromatic N) is 6. The summed E-state index contributed by atoms with van der Waals surface area (Å²) < 4.78 is 5.43. The second-order valence-electron chi connectivity index (χ2n) is 7.87. The summed E-state index contributed by atoms with van der Waals surface area (Å²) in [7, 11) is 0. The van der Waals surface area contributed by atoms with E-state index in [-0.39, 0.29) is 12.6 Å². The van der Waals surface area contributed by atoms with Crippen molar-refractivity contribution in [1.82, 2.24) is 30.1 Å². The average Bonchev–Trinajstić information content (AvgIpc) is 3.10. The van der Waals surface area contributed by atoms with E-state index >= 15 is 0 Å². The molecule has 10 nitrogen and oxygen atoms in total. The number of aryl methyl sites for hydroxylation is 1. The quantitative estimate of drug-likeness (QED) is 0.774. The second kappa shape index (κ2) is 9.94. The van der Waals surface area contributed by atoms with Crippen LogP contribution in [0.3, 0.4) is 0 Å². The molecule has 2 aromatic rings. The van der Waals surface area contributed by atoms with Gasteiger partial charge in [0.05, 0.1) is 6.54 Å². The van der Waals surface area contributed by atoms with Crippen molar-refractivity contribution < 1.29 is 19.4 Å². The van der Waals surface area contributed by atoms with Gasteiger partial charge in [-0.05, 0) is 63.8 Å². The van der Waals surface area contributed by atoms with Crippen molar-refractivity contribution in [1.29, 1.82) is 0 Å². The van der Waals surface area contributed by atoms with E-state index in [0.717, 1.165) is 24.1 Å². The fourth-order valence-electron chi connectivity index (χ4n) is 2.98. The molecule has 1 aliphatic heterocycles. The summed E-state index contributed by atoms with van der Waals surface area (Å²) in [4.78, 5) is 28.1. The van der Waals surface area contributed by atoms with E-state index in [1.807, 2.05) is 39.8 Å². The van der Waals surface area contributed by atoms with Crippen LogP contribution in [0.15, 0.2) is 18.3 Å². The van der Waals surface area contributed by atoms with Gasteiger partial charge in [-0.25, -0.2) is 4.79 Å². The minimum Gasteiger partial charge on any atom is -0.483 e. The Labute approximate surface area is 169 Å². The number of hydrogen-bond donors (Lipinski definition) is 1. The van der Waals surface area contributed by atoms with E-state index in [9.17, 15) is 4.79 Å². The molecule has 3 rings (SSSR count). The van der Waals surface area contributed by atoms with Crippen LogP contribution in [0, 0.1) is 12.8 Å². The molecule has 1 aliphatic rings. The third-order valence-corrected chi connectivity index (χ3v) is 4.30. The lowest BCUT2D eigenvalue weighted by Gasteiger charge is -2.33. The van der Waals surface area contributed by atoms with Crippen LogP contribution in [0.2, 0.25) is 0 Å². The number of pyridine rings is 1. The number of rotatable bonds is 3. The molecule has 158 valence electrons. The molecule has 2 aromatic heterocycles. The number of aromatic nitrogens is 5. The molecular formula is C19H28N6O4. The highest BCUT2D eigenvalue weighted by Gasteiger charge is 2.27. The molecule has 3 heterocycles. The van der Waals surface area contributed by atoms with E-state index < -0.39 is 5.60 Å². The zero-order valence-electron chi connectivity index (χ0n) is 17.3. The maximum Gasteiger partial charge on any atom is 0.410 e. The number of piperidine rings is 1. The van der Waals surface area contributed by atoms with Crippen molar-refractivity contribution in [2.75, 3.05) is 13.1 Å². The summed E-state index contributed by atoms with van der Waals surface area (Å²) in [6.45, 7) is 9.45. The summed E-state index contributed by atoms with van der Waals surface area (Å²) in [6, 6.07) is 3.83. The van der Waals surface area contributed by atoms with E-state index in [4.69, 9.17) is 14.6 Å². The Hall–Kier alpha value is -3.04. The number of amides is 1. The number of carbonyl (C=O) groups excluding carboxylic acids is 1. The van der Waals surface area contributed by atoms with Crippen LogP contribution in [0.4, 0.5) is 4.79 Å². The van der Waals surface area contributed by atoms with E-state index in [2.05, 4.69) is 20.4 Å². The number of tetrazole rings is 1. The summed E-state index contributed by atoms with van der Waals surface area (Å²) in [5.41, 5.74) is 1.39. The number of likely N-dealkylation sites (tertiary alicyclic amines) is 1. The highest BCUT2D eigenvalue weighted by molar-refractivity contribution is 5.68. The average molecular weight is 404 g/mol. The molecule has 1 fully saturated rings. The zero-order chi connectivity index (χ0) is 21.4. The van der Waals surface area contributed by atoms with Crippen molar-refractivity contribution in [2.24, 2.45) is 5.92 Å². The summed E-state index contributed by atoms with van der Waals surface area (Å²) in [5, 5.41) is 19.7. The fourth-order valence-corrected chi connectivity index (χ4v) is 2.98. The molecule has 0 radical (unpaired) electrons. The predicted molar refractivity (Wildman–Crippen MR) is 105 cm³/mol. The predicted octanol–water partition coefficient (Wildman–Crippen LogP) is 2.39. The first-order valence-electron chi connectivity index (χ1n) is 9.48. The van der Waals surface area contributed by atoms with Gasteiger partial charge < -0.3 is 14.7 Å². The van der Waals surface area contributed by atoms with E-state index in [1.165, 1.54) is 0 Å². The Morgan fingerprint density at radius 1 is 1.34 bits per heavy atom. The maximum atomic E-state index is 12.1. The Bertz CT molecular complexity index is 809. The highest BCUT2D eigenvalue weighted by Crippen LogP contribution is 2.21. The minimum absolute atomic E-state index is 0.231. The maximum absolute atomic E-state index is 12.1. The molecule has 0 aliphatic carbocycles. The number of hydrogen-bond acceptors (Lipinski definition) is 7. The molecule has 0 atom stereocenters. The molecule has 1 N–H and O–H groups in total. The monoisotopic (exact) mass is 404 g/mol. The van der Waals surface area contributed by atoms with Crippen LogP contribution < -0.4 is 0 Å². The first-order valence-corrected chi connectivity index (χ1v) is 9.48. The summed E-state index contributed by atoms with van der Waals surface area (Å²) in [5.74, 6) is 1.04. The van der Waals surface area contributed by atoms with Gasteiger partial charge in [-0.1, -0.05) is 0 Å². The summed E-state index contributed by atoms with van der Waals surface area (Å²) in [6.07, 6.45) is 3.33. The number of carboxylic acid groups (broad SMARTS) is 1. The zero-order valence-corrected chi connectivity index (χ0v) is 17.3. The third kappa shape index (κ3) is 7.13. The molecule has 10 heteroatoms. The first-order chi connectivity index (χ1) is 13.7. The topological polar surface area (TPSA) is 123 Å². The van der Waals surface area contributed by atoms with Crippen LogP contribution in [-0.4, -0.2) is 66.5 Å². The Kier molecular flexibility index (Phi) is 7.63. The van der Waals surface area contributed by atoms with Crippen molar-refractivity contribution in [2.45, 2.75) is 52.7 Å². The molecule has 1 saturated heterocycles. The molecule has 1 amide bonds. The van der Waals surface area contributed by atoms with Crippen molar-refractivity contribution in [3.8, 4) is 11.4 Å². The standard InChI is InChI=1S/C18H26N6O2.CH2O2/c1-13-11-15(5-8-19-13)16-20-22-24(21-16)12-14-6-9-23(10-7-14)17(25)26-18(2,3)4;2-1-3/h5,8,11,14H,6-7,9-10,12H2,1-4H3;1H,(H,2,3). The largest absolute Gasteiger partial charge is 0.483 e. The molecule has 0 spiro atoms. The van der Waals surface area contributed by atoms with Crippen molar-refractivity contribution >= 4 is 12.6 Å². The lowest BCUT2D eigenvalue weighted by Crippen LogP contribution is -2.42. The van der Waals surface area contributed by atoms with E-state index in [0.29, 0.717) is 31.4 Å². The van der Waals surface area contributed by atoms with Crippen LogP contribution in [-0.2, 0) is 16.1 Å². The molecule has 0 saturated carbocycles. The fraction of sp³-hybridized carbons (Fsp3) is 0.579. The Morgan fingerprint density at radius 3 is 2.59 bits per heavy atom. The smallest absolute Gasteiger partial charge is 0.410 e. The molecule has 0 unspecified atom stereocenters. The highest BCUT2D eigenvalue weighted by atomic mass is 16.6. The van der Waals surface area contributed by atoms with Gasteiger partial charge in [-0.2, -0.15) is 4.80 Å². The molecular weight excluding hydrogens is 376 g/mol. The van der Waals surface area contributed by atoms with Crippen LogP contribution in [0.5, 0.6) is 0 Å². The summed E-state index contributed by atoms with van der Waals surface area (Å²) >= 11 is 0. The lowest BCUT2D eigenvalue weighted by molar-refractivity contribution is -0.122. The van der Waals surface area contributed by atoms with Gasteiger partial charge in [-0.15, -0.1) is 10.2 Å². The minimum atomic E-state index is -0.458. The SMILES string of the molecule is Cc1cc(-c2nnn(CC3CCN(C(=O)OC(C)(C)C)CC3)n2)ccn1.O=CO. The first kappa shape index (κ1) is 22.3. The number of ether oxygens (including phenoxy) is 1. The van der Waals surface area contributed by atoms with Gasteiger partial charge in [0.2, 0.25) is 5.82 Å². The van der Waals surface area contributed by atoms with Crippen LogP contribution in [0.25, 0.3) is 11.4 Å². The molecule has 29 heavy (non-hydrogen) atoms. The van der Waals surface area contributed by atoms with Gasteiger partial charge in [0.15, 0.2) is 0 Å². The van der Waals surface area contributed by atoms with Gasteiger partial charge >= 0.3 is 6.09 Å². The van der Waals surface area contributed by atoms with Gasteiger partial charge in [0.25, 0.3) is 6.47 Å². The number of carbonyl (C=O) groups is 2. The molecule has 0 aromatic carbocycles.